The van der Waals surface area contributed by atoms with Crippen molar-refractivity contribution in [2.45, 2.75) is 13.8 Å². The Balaban J connectivity index is 2.33. The number of benzene rings is 1. The molecule has 0 spiro atoms. The molecule has 0 fully saturated rings. The number of nitrogens with zero attached hydrogens (tertiary/aromatic N) is 2. The van der Waals surface area contributed by atoms with Gasteiger partial charge < -0.3 is 11.1 Å². The van der Waals surface area contributed by atoms with E-state index in [1.165, 1.54) is 0 Å². The molecule has 0 aliphatic rings. The molecule has 1 amide bonds. The average Bonchev–Trinajstić information content (AvgIpc) is 2.58. The minimum absolute atomic E-state index is 0.239. The van der Waals surface area contributed by atoms with Crippen LogP contribution in [0.1, 0.15) is 21.7 Å². The minimum Gasteiger partial charge on any atom is -0.397 e. The Kier molecular flexibility index (Phi) is 3.48. The van der Waals surface area contributed by atoms with Crippen LogP contribution in [0.25, 0.3) is 0 Å². The maximum Gasteiger partial charge on any atom is 0.259 e. The predicted molar refractivity (Wildman–Crippen MR) is 76.5 cm³/mol. The molecule has 0 saturated carbocycles. The molecular weight excluding hydrogens is 264 g/mol. The van der Waals surface area contributed by atoms with Crippen LogP contribution in [0.5, 0.6) is 0 Å². The van der Waals surface area contributed by atoms with Crippen LogP contribution in [0.15, 0.2) is 18.2 Å². The number of halogens is 1. The third-order valence-corrected chi connectivity index (χ3v) is 3.23. The maximum absolute atomic E-state index is 12.3. The van der Waals surface area contributed by atoms with E-state index in [2.05, 4.69) is 10.4 Å². The molecule has 0 aliphatic carbocycles. The lowest BCUT2D eigenvalue weighted by molar-refractivity contribution is 0.102. The molecule has 0 aliphatic heterocycles. The highest BCUT2D eigenvalue weighted by Crippen LogP contribution is 2.24. The highest BCUT2D eigenvalue weighted by molar-refractivity contribution is 6.31. The summed E-state index contributed by atoms with van der Waals surface area (Å²) in [5.41, 5.74) is 8.81. The molecule has 19 heavy (non-hydrogen) atoms. The Bertz CT molecular complexity index is 648. The van der Waals surface area contributed by atoms with E-state index in [1.54, 1.807) is 36.9 Å². The van der Waals surface area contributed by atoms with Crippen LogP contribution in [0, 0.1) is 13.8 Å². The first-order valence-corrected chi connectivity index (χ1v) is 6.14. The summed E-state index contributed by atoms with van der Waals surface area (Å²) < 4.78 is 1.67. The van der Waals surface area contributed by atoms with Crippen LogP contribution in [-0.4, -0.2) is 15.7 Å². The number of anilines is 2. The molecule has 1 heterocycles. The van der Waals surface area contributed by atoms with E-state index < -0.39 is 0 Å². The zero-order chi connectivity index (χ0) is 14.2. The number of rotatable bonds is 2. The van der Waals surface area contributed by atoms with Crippen LogP contribution in [-0.2, 0) is 7.05 Å². The third kappa shape index (κ3) is 2.56. The van der Waals surface area contributed by atoms with Crippen molar-refractivity contribution < 1.29 is 4.79 Å². The first kappa shape index (κ1) is 13.4. The zero-order valence-electron chi connectivity index (χ0n) is 11.0. The summed E-state index contributed by atoms with van der Waals surface area (Å²) in [4.78, 5) is 12.3. The molecule has 2 aromatic rings. The minimum atomic E-state index is -0.239. The van der Waals surface area contributed by atoms with E-state index in [0.717, 1.165) is 5.69 Å². The number of hydrogen-bond donors (Lipinski definition) is 2. The summed E-state index contributed by atoms with van der Waals surface area (Å²) in [6.45, 7) is 3.64. The standard InChI is InChI=1S/C13H15ClN4O/c1-7-12(8(2)18(3)17-7)13(19)16-11-6-9(14)4-5-10(11)15/h4-6H,15H2,1-3H3,(H,16,19). The van der Waals surface area contributed by atoms with Gasteiger partial charge in [0.05, 0.1) is 22.6 Å². The van der Waals surface area contributed by atoms with Crippen molar-refractivity contribution >= 4 is 28.9 Å². The van der Waals surface area contributed by atoms with Crippen LogP contribution in [0.3, 0.4) is 0 Å². The summed E-state index contributed by atoms with van der Waals surface area (Å²) in [6.07, 6.45) is 0. The molecule has 6 heteroatoms. The van der Waals surface area contributed by atoms with Gasteiger partial charge in [-0.1, -0.05) is 11.6 Å². The van der Waals surface area contributed by atoms with Gasteiger partial charge in [-0.05, 0) is 32.0 Å². The van der Waals surface area contributed by atoms with Gasteiger partial charge in [-0.25, -0.2) is 0 Å². The second-order valence-corrected chi connectivity index (χ2v) is 4.79. The van der Waals surface area contributed by atoms with Crippen molar-refractivity contribution in [1.29, 1.82) is 0 Å². The quantitative estimate of drug-likeness (QED) is 0.829. The van der Waals surface area contributed by atoms with Gasteiger partial charge in [0.2, 0.25) is 0 Å². The summed E-state index contributed by atoms with van der Waals surface area (Å²) in [5, 5.41) is 7.49. The van der Waals surface area contributed by atoms with Crippen LogP contribution in [0.4, 0.5) is 11.4 Å². The topological polar surface area (TPSA) is 72.9 Å². The smallest absolute Gasteiger partial charge is 0.259 e. The summed E-state index contributed by atoms with van der Waals surface area (Å²) in [5.74, 6) is -0.239. The van der Waals surface area contributed by atoms with Crippen LogP contribution >= 0.6 is 11.6 Å². The van der Waals surface area contributed by atoms with Crippen molar-refractivity contribution in [3.8, 4) is 0 Å². The van der Waals surface area contributed by atoms with Crippen molar-refractivity contribution in [3.63, 3.8) is 0 Å². The first-order valence-electron chi connectivity index (χ1n) is 5.76. The van der Waals surface area contributed by atoms with Gasteiger partial charge in [-0.15, -0.1) is 0 Å². The Morgan fingerprint density at radius 2 is 2.11 bits per heavy atom. The van der Waals surface area contributed by atoms with E-state index in [9.17, 15) is 4.79 Å². The number of carbonyl (C=O) groups excluding carboxylic acids is 1. The highest BCUT2D eigenvalue weighted by atomic mass is 35.5. The normalized spacial score (nSPS) is 10.5. The molecule has 3 N–H and O–H groups in total. The molecule has 5 nitrogen and oxygen atoms in total. The average molecular weight is 279 g/mol. The second-order valence-electron chi connectivity index (χ2n) is 4.36. The van der Waals surface area contributed by atoms with Crippen molar-refractivity contribution in [1.82, 2.24) is 9.78 Å². The fraction of sp³-hybridized carbons (Fsp3) is 0.231. The molecule has 1 aromatic carbocycles. The Morgan fingerprint density at radius 1 is 1.42 bits per heavy atom. The van der Waals surface area contributed by atoms with E-state index in [0.29, 0.717) is 27.7 Å². The zero-order valence-corrected chi connectivity index (χ0v) is 11.7. The predicted octanol–water partition coefficient (Wildman–Crippen LogP) is 2.52. The number of nitrogens with one attached hydrogen (secondary N) is 1. The maximum atomic E-state index is 12.3. The van der Waals surface area contributed by atoms with Crippen LogP contribution in [0.2, 0.25) is 5.02 Å². The Morgan fingerprint density at radius 3 is 2.68 bits per heavy atom. The third-order valence-electron chi connectivity index (χ3n) is 3.00. The molecule has 0 atom stereocenters. The number of hydrogen-bond acceptors (Lipinski definition) is 3. The summed E-state index contributed by atoms with van der Waals surface area (Å²) in [7, 11) is 1.80. The van der Waals surface area contributed by atoms with Gasteiger partial charge in [0.15, 0.2) is 0 Å². The number of amides is 1. The Labute approximate surface area is 116 Å². The fourth-order valence-electron chi connectivity index (χ4n) is 1.92. The van der Waals surface area contributed by atoms with Gasteiger partial charge in [0.1, 0.15) is 0 Å². The largest absolute Gasteiger partial charge is 0.397 e. The molecule has 2 rings (SSSR count). The lowest BCUT2D eigenvalue weighted by Gasteiger charge is -2.08. The molecule has 100 valence electrons. The lowest BCUT2D eigenvalue weighted by Crippen LogP contribution is -2.15. The molecule has 0 saturated heterocycles. The molecule has 0 bridgehead atoms. The van der Waals surface area contributed by atoms with Gasteiger partial charge in [0.25, 0.3) is 5.91 Å². The summed E-state index contributed by atoms with van der Waals surface area (Å²) in [6, 6.07) is 4.95. The first-order chi connectivity index (χ1) is 8.90. The SMILES string of the molecule is Cc1nn(C)c(C)c1C(=O)Nc1cc(Cl)ccc1N. The van der Waals surface area contributed by atoms with Crippen molar-refractivity contribution in [2.24, 2.45) is 7.05 Å². The van der Waals surface area contributed by atoms with Crippen molar-refractivity contribution in [3.05, 3.63) is 40.2 Å². The Hall–Kier alpha value is -2.01. The number of aryl methyl sites for hydroxylation is 2. The fourth-order valence-corrected chi connectivity index (χ4v) is 2.10. The van der Waals surface area contributed by atoms with Gasteiger partial charge in [-0.2, -0.15) is 5.10 Å². The number of aromatic nitrogens is 2. The van der Waals surface area contributed by atoms with Crippen LogP contribution < -0.4 is 11.1 Å². The highest BCUT2D eigenvalue weighted by Gasteiger charge is 2.18. The van der Waals surface area contributed by atoms with Gasteiger partial charge in [-0.3, -0.25) is 9.48 Å². The molecule has 0 unspecified atom stereocenters. The molecule has 1 aromatic heterocycles. The van der Waals surface area contributed by atoms with E-state index >= 15 is 0 Å². The van der Waals surface area contributed by atoms with E-state index in [4.69, 9.17) is 17.3 Å². The molecule has 0 radical (unpaired) electrons. The van der Waals surface area contributed by atoms with E-state index in [-0.39, 0.29) is 5.91 Å². The molecular formula is C13H15ClN4O. The van der Waals surface area contributed by atoms with Gasteiger partial charge >= 0.3 is 0 Å². The lowest BCUT2D eigenvalue weighted by atomic mass is 10.1. The van der Waals surface area contributed by atoms with Crippen molar-refractivity contribution in [2.75, 3.05) is 11.1 Å². The van der Waals surface area contributed by atoms with E-state index in [1.807, 2.05) is 6.92 Å². The number of carbonyl (C=O) groups is 1. The second kappa shape index (κ2) is 4.93. The van der Waals surface area contributed by atoms with Gasteiger partial charge in [0, 0.05) is 17.8 Å². The monoisotopic (exact) mass is 278 g/mol. The number of nitrogen functional groups attached to an aromatic ring is 1. The summed E-state index contributed by atoms with van der Waals surface area (Å²) >= 11 is 5.89. The number of nitrogens with two attached hydrogens (primary N) is 1.